The first kappa shape index (κ1) is 16.9. The van der Waals surface area contributed by atoms with Crippen LogP contribution in [0.1, 0.15) is 12.5 Å². The highest BCUT2D eigenvalue weighted by atomic mass is 32.1. The Bertz CT molecular complexity index is 702. The Hall–Kier alpha value is -1.99. The van der Waals surface area contributed by atoms with Gasteiger partial charge in [0.1, 0.15) is 5.82 Å². The average molecular weight is 349 g/mol. The third-order valence-corrected chi connectivity index (χ3v) is 5.29. The zero-order chi connectivity index (χ0) is 17.2. The number of ether oxygens (including phenoxy) is 1. The molecule has 7 heteroatoms. The van der Waals surface area contributed by atoms with Crippen molar-refractivity contribution < 1.29 is 13.9 Å². The third-order valence-electron chi connectivity index (χ3n) is 4.46. The summed E-state index contributed by atoms with van der Waals surface area (Å²) in [4.78, 5) is 21.2. The zero-order valence-corrected chi connectivity index (χ0v) is 14.6. The fourth-order valence-electron chi connectivity index (χ4n) is 2.94. The van der Waals surface area contributed by atoms with Crippen molar-refractivity contribution in [3.05, 3.63) is 47.2 Å². The van der Waals surface area contributed by atoms with E-state index in [4.69, 9.17) is 4.74 Å². The molecule has 1 aliphatic heterocycles. The average Bonchev–Trinajstić information content (AvgIpc) is 3.15. The number of anilines is 1. The highest BCUT2D eigenvalue weighted by Gasteiger charge is 2.41. The van der Waals surface area contributed by atoms with Crippen LogP contribution >= 0.6 is 11.3 Å². The van der Waals surface area contributed by atoms with Gasteiger partial charge in [-0.25, -0.2) is 9.37 Å². The number of carbonyl (C=O) groups excluding carboxylic acids is 1. The van der Waals surface area contributed by atoms with E-state index in [1.54, 1.807) is 47.6 Å². The minimum absolute atomic E-state index is 0.214. The number of piperazine rings is 1. The van der Waals surface area contributed by atoms with Crippen LogP contribution in [-0.2, 0) is 15.1 Å². The Kier molecular flexibility index (Phi) is 4.82. The van der Waals surface area contributed by atoms with E-state index >= 15 is 0 Å². The lowest BCUT2D eigenvalue weighted by Gasteiger charge is -2.39. The maximum absolute atomic E-state index is 14.2. The second-order valence-electron chi connectivity index (χ2n) is 5.81. The molecule has 0 unspecified atom stereocenters. The molecule has 2 aromatic rings. The molecule has 2 heterocycles. The van der Waals surface area contributed by atoms with Gasteiger partial charge < -0.3 is 14.5 Å². The Balaban J connectivity index is 1.75. The summed E-state index contributed by atoms with van der Waals surface area (Å²) in [5, 5.41) is 2.90. The van der Waals surface area contributed by atoms with Gasteiger partial charge in [-0.05, 0) is 13.0 Å². The maximum atomic E-state index is 14.2. The van der Waals surface area contributed by atoms with Gasteiger partial charge in [0.25, 0.3) is 5.91 Å². The summed E-state index contributed by atoms with van der Waals surface area (Å²) >= 11 is 1.59. The Morgan fingerprint density at radius 3 is 2.58 bits per heavy atom. The third kappa shape index (κ3) is 3.01. The molecule has 128 valence electrons. The molecule has 1 amide bonds. The van der Waals surface area contributed by atoms with Gasteiger partial charge in [0.05, 0.1) is 0 Å². The Labute approximate surface area is 144 Å². The van der Waals surface area contributed by atoms with Crippen molar-refractivity contribution in [1.29, 1.82) is 0 Å². The summed E-state index contributed by atoms with van der Waals surface area (Å²) in [6.07, 6.45) is 1.78. The Morgan fingerprint density at radius 1 is 1.29 bits per heavy atom. The van der Waals surface area contributed by atoms with E-state index in [1.807, 2.05) is 5.38 Å². The summed E-state index contributed by atoms with van der Waals surface area (Å²) in [5.74, 6) is -0.648. The molecule has 1 saturated heterocycles. The molecule has 0 N–H and O–H groups in total. The molecule has 3 rings (SSSR count). The van der Waals surface area contributed by atoms with Crippen molar-refractivity contribution >= 4 is 22.4 Å². The zero-order valence-electron chi connectivity index (χ0n) is 13.7. The first-order valence-electron chi connectivity index (χ1n) is 7.80. The van der Waals surface area contributed by atoms with Gasteiger partial charge in [0, 0.05) is 50.4 Å². The summed E-state index contributed by atoms with van der Waals surface area (Å²) in [6, 6.07) is 6.26. The monoisotopic (exact) mass is 349 g/mol. The number of nitrogens with zero attached hydrogens (tertiary/aromatic N) is 3. The van der Waals surface area contributed by atoms with Crippen LogP contribution in [0.5, 0.6) is 0 Å². The normalized spacial score (nSPS) is 17.6. The molecule has 1 aromatic carbocycles. The predicted molar refractivity (Wildman–Crippen MR) is 91.7 cm³/mol. The SMILES string of the molecule is CO[C@](C)(C(=O)N1CCN(c2nccs2)CC1)c1ccccc1F. The van der Waals surface area contributed by atoms with E-state index in [0.717, 1.165) is 5.13 Å². The van der Waals surface area contributed by atoms with Crippen LogP contribution in [0.2, 0.25) is 0 Å². The first-order valence-corrected chi connectivity index (χ1v) is 8.68. The van der Waals surface area contributed by atoms with Crippen LogP contribution in [0.15, 0.2) is 35.8 Å². The maximum Gasteiger partial charge on any atom is 0.259 e. The van der Waals surface area contributed by atoms with E-state index in [1.165, 1.54) is 13.2 Å². The lowest BCUT2D eigenvalue weighted by Crippen LogP contribution is -2.54. The van der Waals surface area contributed by atoms with Gasteiger partial charge in [-0.1, -0.05) is 18.2 Å². The second-order valence-corrected chi connectivity index (χ2v) is 6.68. The van der Waals surface area contributed by atoms with E-state index in [9.17, 15) is 9.18 Å². The molecule has 24 heavy (non-hydrogen) atoms. The summed E-state index contributed by atoms with van der Waals surface area (Å²) in [6.45, 7) is 4.16. The van der Waals surface area contributed by atoms with Crippen molar-refractivity contribution in [3.63, 3.8) is 0 Å². The highest BCUT2D eigenvalue weighted by molar-refractivity contribution is 7.13. The Morgan fingerprint density at radius 2 is 2.00 bits per heavy atom. The molecule has 1 aliphatic rings. The standard InChI is InChI=1S/C17H20FN3O2S/c1-17(23-2,13-5-3-4-6-14(13)18)15(22)20-8-10-21(11-9-20)16-19-7-12-24-16/h3-7,12H,8-11H2,1-2H3/t17-/m0/s1. The smallest absolute Gasteiger partial charge is 0.259 e. The number of hydrogen-bond donors (Lipinski definition) is 0. The molecular formula is C17H20FN3O2S. The van der Waals surface area contributed by atoms with Crippen LogP contribution in [0.25, 0.3) is 0 Å². The first-order chi connectivity index (χ1) is 11.6. The minimum atomic E-state index is -1.32. The minimum Gasteiger partial charge on any atom is -0.364 e. The molecule has 1 fully saturated rings. The van der Waals surface area contributed by atoms with E-state index in [0.29, 0.717) is 26.2 Å². The summed E-state index contributed by atoms with van der Waals surface area (Å²) in [7, 11) is 1.44. The number of methoxy groups -OCH3 is 1. The summed E-state index contributed by atoms with van der Waals surface area (Å²) < 4.78 is 19.6. The van der Waals surface area contributed by atoms with Crippen molar-refractivity contribution in [2.45, 2.75) is 12.5 Å². The van der Waals surface area contributed by atoms with Crippen molar-refractivity contribution in [3.8, 4) is 0 Å². The summed E-state index contributed by atoms with van der Waals surface area (Å²) in [5.41, 5.74) is -1.06. The lowest BCUT2D eigenvalue weighted by molar-refractivity contribution is -0.155. The predicted octanol–water partition coefficient (Wildman–Crippen LogP) is 2.49. The fraction of sp³-hybridized carbons (Fsp3) is 0.412. The molecule has 0 radical (unpaired) electrons. The number of aromatic nitrogens is 1. The molecule has 1 aromatic heterocycles. The number of carbonyl (C=O) groups is 1. The van der Waals surface area contributed by atoms with Gasteiger partial charge in [-0.3, -0.25) is 4.79 Å². The van der Waals surface area contributed by atoms with Gasteiger partial charge in [0.15, 0.2) is 10.7 Å². The number of amides is 1. The fourth-order valence-corrected chi connectivity index (χ4v) is 3.63. The largest absolute Gasteiger partial charge is 0.364 e. The van der Waals surface area contributed by atoms with Crippen molar-refractivity contribution in [2.24, 2.45) is 0 Å². The van der Waals surface area contributed by atoms with Gasteiger partial charge >= 0.3 is 0 Å². The van der Waals surface area contributed by atoms with Crippen LogP contribution in [0.4, 0.5) is 9.52 Å². The van der Waals surface area contributed by atoms with Gasteiger partial charge in [0.2, 0.25) is 0 Å². The number of benzene rings is 1. The molecule has 1 atom stereocenters. The van der Waals surface area contributed by atoms with Crippen LogP contribution in [-0.4, -0.2) is 49.1 Å². The molecular weight excluding hydrogens is 329 g/mol. The molecule has 0 bridgehead atoms. The van der Waals surface area contributed by atoms with Crippen LogP contribution < -0.4 is 4.90 Å². The van der Waals surface area contributed by atoms with Crippen LogP contribution in [0, 0.1) is 5.82 Å². The quantitative estimate of drug-likeness (QED) is 0.851. The number of halogens is 1. The molecule has 5 nitrogen and oxygen atoms in total. The number of hydrogen-bond acceptors (Lipinski definition) is 5. The van der Waals surface area contributed by atoms with E-state index in [-0.39, 0.29) is 11.5 Å². The number of rotatable bonds is 4. The van der Waals surface area contributed by atoms with E-state index in [2.05, 4.69) is 9.88 Å². The number of thiazole rings is 1. The molecule has 0 spiro atoms. The van der Waals surface area contributed by atoms with Crippen LogP contribution in [0.3, 0.4) is 0 Å². The molecule has 0 aliphatic carbocycles. The van der Waals surface area contributed by atoms with E-state index < -0.39 is 11.4 Å². The van der Waals surface area contributed by atoms with Crippen molar-refractivity contribution in [2.75, 3.05) is 38.2 Å². The second kappa shape index (κ2) is 6.86. The van der Waals surface area contributed by atoms with Crippen molar-refractivity contribution in [1.82, 2.24) is 9.88 Å². The molecule has 0 saturated carbocycles. The highest BCUT2D eigenvalue weighted by Crippen LogP contribution is 2.30. The van der Waals surface area contributed by atoms with Gasteiger partial charge in [-0.2, -0.15) is 0 Å². The van der Waals surface area contributed by atoms with Gasteiger partial charge in [-0.15, -0.1) is 11.3 Å². The topological polar surface area (TPSA) is 45.7 Å². The lowest BCUT2D eigenvalue weighted by atomic mass is 9.93.